The van der Waals surface area contributed by atoms with Gasteiger partial charge in [0, 0.05) is 25.8 Å². The maximum absolute atomic E-state index is 14.0. The molecule has 1 aromatic rings. The first-order valence-electron chi connectivity index (χ1n) is 7.87. The van der Waals surface area contributed by atoms with Crippen LogP contribution in [0.4, 0.5) is 10.1 Å². The molecule has 23 heavy (non-hydrogen) atoms. The molecule has 1 saturated heterocycles. The molecule has 1 atom stereocenters. The standard InChI is InChI=1S/C16H21FN2O4/c1-2-10-23-13-4-3-8-18(9-7-13)16(20)14-6-5-12(19(21)22)11-15(14)17/h5-6,11,13H,2-4,7-10H2,1H3/t13-/m1/s1. The lowest BCUT2D eigenvalue weighted by atomic mass is 10.1. The van der Waals surface area contributed by atoms with Gasteiger partial charge in [0.2, 0.25) is 0 Å². The fourth-order valence-corrected chi connectivity index (χ4v) is 2.68. The fraction of sp³-hybridized carbons (Fsp3) is 0.562. The van der Waals surface area contributed by atoms with Crippen LogP contribution in [0, 0.1) is 15.9 Å². The Hall–Kier alpha value is -2.02. The molecule has 1 amide bonds. The summed E-state index contributed by atoms with van der Waals surface area (Å²) in [6, 6.07) is 3.13. The van der Waals surface area contributed by atoms with E-state index in [1.807, 2.05) is 6.92 Å². The van der Waals surface area contributed by atoms with Crippen molar-refractivity contribution in [1.29, 1.82) is 0 Å². The number of benzene rings is 1. The second-order valence-electron chi connectivity index (χ2n) is 5.64. The zero-order valence-corrected chi connectivity index (χ0v) is 13.2. The molecule has 126 valence electrons. The van der Waals surface area contributed by atoms with E-state index < -0.39 is 16.6 Å². The lowest BCUT2D eigenvalue weighted by Gasteiger charge is -2.21. The average Bonchev–Trinajstić information content (AvgIpc) is 2.77. The molecule has 1 aliphatic heterocycles. The van der Waals surface area contributed by atoms with Crippen molar-refractivity contribution < 1.29 is 18.8 Å². The maximum Gasteiger partial charge on any atom is 0.272 e. The Kier molecular flexibility index (Phi) is 6.04. The molecule has 2 rings (SSSR count). The third kappa shape index (κ3) is 4.48. The Morgan fingerprint density at radius 1 is 1.43 bits per heavy atom. The van der Waals surface area contributed by atoms with Gasteiger partial charge in [-0.3, -0.25) is 14.9 Å². The van der Waals surface area contributed by atoms with E-state index in [-0.39, 0.29) is 17.4 Å². The number of amides is 1. The molecular formula is C16H21FN2O4. The summed E-state index contributed by atoms with van der Waals surface area (Å²) in [5.74, 6) is -1.28. The number of rotatable bonds is 5. The highest BCUT2D eigenvalue weighted by Crippen LogP contribution is 2.21. The molecule has 0 aromatic heterocycles. The van der Waals surface area contributed by atoms with Gasteiger partial charge in [-0.2, -0.15) is 0 Å². The first-order valence-corrected chi connectivity index (χ1v) is 7.87. The Morgan fingerprint density at radius 3 is 2.87 bits per heavy atom. The number of hydrogen-bond donors (Lipinski definition) is 0. The largest absolute Gasteiger partial charge is 0.378 e. The number of halogens is 1. The van der Waals surface area contributed by atoms with Crippen LogP contribution >= 0.6 is 0 Å². The second kappa shape index (κ2) is 8.01. The van der Waals surface area contributed by atoms with Crippen LogP contribution in [0.25, 0.3) is 0 Å². The molecule has 6 nitrogen and oxygen atoms in total. The van der Waals surface area contributed by atoms with Crippen molar-refractivity contribution in [2.75, 3.05) is 19.7 Å². The van der Waals surface area contributed by atoms with Crippen molar-refractivity contribution in [3.05, 3.63) is 39.7 Å². The molecule has 1 fully saturated rings. The van der Waals surface area contributed by atoms with E-state index in [0.717, 1.165) is 37.8 Å². The Labute approximate surface area is 134 Å². The van der Waals surface area contributed by atoms with E-state index in [1.165, 1.54) is 6.07 Å². The first-order chi connectivity index (χ1) is 11.0. The number of non-ortho nitro benzene ring substituents is 1. The smallest absolute Gasteiger partial charge is 0.272 e. The minimum Gasteiger partial charge on any atom is -0.378 e. The highest BCUT2D eigenvalue weighted by molar-refractivity contribution is 5.94. The number of nitro groups is 1. The predicted molar refractivity (Wildman–Crippen MR) is 82.8 cm³/mol. The molecule has 1 heterocycles. The van der Waals surface area contributed by atoms with E-state index in [1.54, 1.807) is 4.90 Å². The van der Waals surface area contributed by atoms with E-state index in [0.29, 0.717) is 19.7 Å². The van der Waals surface area contributed by atoms with Crippen LogP contribution in [-0.4, -0.2) is 41.5 Å². The van der Waals surface area contributed by atoms with Gasteiger partial charge in [0.25, 0.3) is 11.6 Å². The van der Waals surface area contributed by atoms with Gasteiger partial charge in [-0.15, -0.1) is 0 Å². The summed E-state index contributed by atoms with van der Waals surface area (Å²) in [5.41, 5.74) is -0.480. The number of likely N-dealkylation sites (tertiary alicyclic amines) is 1. The molecule has 0 unspecified atom stereocenters. The number of nitro benzene ring substituents is 1. The van der Waals surface area contributed by atoms with Crippen LogP contribution in [0.2, 0.25) is 0 Å². The van der Waals surface area contributed by atoms with Crippen LogP contribution in [0.5, 0.6) is 0 Å². The Bertz CT molecular complexity index is 579. The minimum absolute atomic E-state index is 0.122. The SMILES string of the molecule is CCCO[C@@H]1CCCN(C(=O)c2ccc([N+](=O)[O-])cc2F)CC1. The molecule has 0 radical (unpaired) electrons. The van der Waals surface area contributed by atoms with Crippen LogP contribution in [-0.2, 0) is 4.74 Å². The zero-order chi connectivity index (χ0) is 16.8. The Morgan fingerprint density at radius 2 is 2.22 bits per heavy atom. The molecule has 1 aliphatic rings. The van der Waals surface area contributed by atoms with Crippen molar-refractivity contribution >= 4 is 11.6 Å². The summed E-state index contributed by atoms with van der Waals surface area (Å²) in [5, 5.41) is 10.6. The average molecular weight is 324 g/mol. The van der Waals surface area contributed by atoms with Crippen molar-refractivity contribution in [3.8, 4) is 0 Å². The minimum atomic E-state index is -0.854. The van der Waals surface area contributed by atoms with Crippen LogP contribution in [0.3, 0.4) is 0 Å². The van der Waals surface area contributed by atoms with Gasteiger partial charge in [0.05, 0.1) is 22.7 Å². The molecule has 1 aromatic carbocycles. The number of hydrogen-bond acceptors (Lipinski definition) is 4. The van der Waals surface area contributed by atoms with E-state index in [9.17, 15) is 19.3 Å². The second-order valence-corrected chi connectivity index (χ2v) is 5.64. The highest BCUT2D eigenvalue weighted by atomic mass is 19.1. The number of nitrogens with zero attached hydrogens (tertiary/aromatic N) is 2. The van der Waals surface area contributed by atoms with E-state index in [4.69, 9.17) is 4.74 Å². The normalized spacial score (nSPS) is 18.5. The van der Waals surface area contributed by atoms with Gasteiger partial charge >= 0.3 is 0 Å². The molecule has 0 spiro atoms. The molecule has 0 saturated carbocycles. The highest BCUT2D eigenvalue weighted by Gasteiger charge is 2.24. The van der Waals surface area contributed by atoms with Crippen LogP contribution in [0.1, 0.15) is 43.0 Å². The maximum atomic E-state index is 14.0. The monoisotopic (exact) mass is 324 g/mol. The van der Waals surface area contributed by atoms with Crippen LogP contribution in [0.15, 0.2) is 18.2 Å². The molecule has 0 bridgehead atoms. The summed E-state index contributed by atoms with van der Waals surface area (Å²) in [6.07, 6.45) is 3.49. The van der Waals surface area contributed by atoms with Gasteiger partial charge in [-0.1, -0.05) is 6.92 Å². The lowest BCUT2D eigenvalue weighted by Crippen LogP contribution is -2.33. The molecule has 0 N–H and O–H groups in total. The number of carbonyl (C=O) groups is 1. The van der Waals surface area contributed by atoms with Gasteiger partial charge in [-0.25, -0.2) is 4.39 Å². The van der Waals surface area contributed by atoms with Crippen molar-refractivity contribution in [1.82, 2.24) is 4.90 Å². The van der Waals surface area contributed by atoms with Crippen molar-refractivity contribution in [2.45, 2.75) is 38.7 Å². The first kappa shape index (κ1) is 17.3. The zero-order valence-electron chi connectivity index (χ0n) is 13.2. The lowest BCUT2D eigenvalue weighted by molar-refractivity contribution is -0.385. The fourth-order valence-electron chi connectivity index (χ4n) is 2.68. The predicted octanol–water partition coefficient (Wildman–Crippen LogP) is 3.16. The van der Waals surface area contributed by atoms with Crippen LogP contribution < -0.4 is 0 Å². The number of carbonyl (C=O) groups excluding carboxylic acids is 1. The van der Waals surface area contributed by atoms with Gasteiger partial charge in [0.15, 0.2) is 0 Å². The third-order valence-corrected chi connectivity index (χ3v) is 3.91. The van der Waals surface area contributed by atoms with E-state index in [2.05, 4.69) is 0 Å². The quantitative estimate of drug-likeness (QED) is 0.616. The summed E-state index contributed by atoms with van der Waals surface area (Å²) in [6.45, 7) is 3.80. The summed E-state index contributed by atoms with van der Waals surface area (Å²) in [4.78, 5) is 24.0. The van der Waals surface area contributed by atoms with Gasteiger partial charge < -0.3 is 9.64 Å². The summed E-state index contributed by atoms with van der Waals surface area (Å²) < 4.78 is 19.7. The summed E-state index contributed by atoms with van der Waals surface area (Å²) >= 11 is 0. The summed E-state index contributed by atoms with van der Waals surface area (Å²) in [7, 11) is 0. The number of ether oxygens (including phenoxy) is 1. The van der Waals surface area contributed by atoms with E-state index >= 15 is 0 Å². The molecule has 0 aliphatic carbocycles. The molecule has 7 heteroatoms. The van der Waals surface area contributed by atoms with Crippen molar-refractivity contribution in [3.63, 3.8) is 0 Å². The van der Waals surface area contributed by atoms with Gasteiger partial charge in [-0.05, 0) is 31.7 Å². The Balaban J connectivity index is 2.04. The third-order valence-electron chi connectivity index (χ3n) is 3.91. The van der Waals surface area contributed by atoms with Crippen molar-refractivity contribution in [2.24, 2.45) is 0 Å². The molecular weight excluding hydrogens is 303 g/mol. The van der Waals surface area contributed by atoms with Gasteiger partial charge in [0.1, 0.15) is 5.82 Å². The topological polar surface area (TPSA) is 72.7 Å².